The Morgan fingerprint density at radius 2 is 1.77 bits per heavy atom. The summed E-state index contributed by atoms with van der Waals surface area (Å²) in [5, 5.41) is 0. The molecule has 178 valence electrons. The van der Waals surface area contributed by atoms with Gasteiger partial charge in [0.1, 0.15) is 0 Å². The van der Waals surface area contributed by atoms with Crippen molar-refractivity contribution < 1.29 is 4.74 Å². The van der Waals surface area contributed by atoms with E-state index in [1.165, 1.54) is 70.6 Å². The van der Waals surface area contributed by atoms with E-state index in [0.717, 1.165) is 41.4 Å². The van der Waals surface area contributed by atoms with Crippen LogP contribution in [-0.2, 0) is 4.74 Å². The minimum atomic E-state index is 0.467. The molecule has 0 bridgehead atoms. The second-order valence-electron chi connectivity index (χ2n) is 13.1. The topological polar surface area (TPSA) is 9.23 Å². The van der Waals surface area contributed by atoms with Gasteiger partial charge in [-0.3, -0.25) is 0 Å². The largest absolute Gasteiger partial charge is 0.381 e. The molecule has 0 amide bonds. The van der Waals surface area contributed by atoms with Crippen LogP contribution in [0.1, 0.15) is 112 Å². The van der Waals surface area contributed by atoms with Crippen LogP contribution in [-0.4, -0.2) is 13.2 Å². The molecular formula is C30H52O. The van der Waals surface area contributed by atoms with Gasteiger partial charge >= 0.3 is 0 Å². The summed E-state index contributed by atoms with van der Waals surface area (Å²) in [6, 6.07) is 0. The Morgan fingerprint density at radius 1 is 1.00 bits per heavy atom. The fourth-order valence-electron chi connectivity index (χ4n) is 9.49. The van der Waals surface area contributed by atoms with Gasteiger partial charge in [0.15, 0.2) is 0 Å². The summed E-state index contributed by atoms with van der Waals surface area (Å²) >= 11 is 0. The lowest BCUT2D eigenvalue weighted by molar-refractivity contribution is -0.0603. The highest BCUT2D eigenvalue weighted by molar-refractivity contribution is 5.25. The Hall–Kier alpha value is -0.300. The molecule has 0 aromatic rings. The van der Waals surface area contributed by atoms with Crippen molar-refractivity contribution in [3.05, 3.63) is 11.6 Å². The molecule has 3 saturated carbocycles. The lowest BCUT2D eigenvalue weighted by Gasteiger charge is -2.58. The van der Waals surface area contributed by atoms with E-state index in [1.54, 1.807) is 5.57 Å². The normalized spacial score (nSPS) is 44.3. The van der Waals surface area contributed by atoms with Gasteiger partial charge in [-0.1, -0.05) is 66.0 Å². The molecule has 4 aliphatic rings. The minimum absolute atomic E-state index is 0.467. The van der Waals surface area contributed by atoms with E-state index in [1.807, 2.05) is 7.11 Å². The zero-order valence-corrected chi connectivity index (χ0v) is 21.9. The summed E-state index contributed by atoms with van der Waals surface area (Å²) in [7, 11) is 1.91. The standard InChI is InChI=1S/C30H52O/c1-8-22(20(2)3)10-9-21(4)26-13-14-27-25-12-11-23-19-24(31-7)15-17-29(23,5)28(25)16-18-30(26,27)6/h11,20-22,24-28H,8-10,12-19H2,1-7H3/t21-,22?,24+,25?,26-,27?,28?,29+,30-/m1/s1. The Balaban J connectivity index is 1.47. The number of hydrogen-bond donors (Lipinski definition) is 0. The molecule has 9 atom stereocenters. The number of allylic oxidation sites excluding steroid dienone is 1. The van der Waals surface area contributed by atoms with Crippen molar-refractivity contribution in [1.29, 1.82) is 0 Å². The van der Waals surface area contributed by atoms with Crippen molar-refractivity contribution in [2.45, 2.75) is 118 Å². The average Bonchev–Trinajstić information content (AvgIpc) is 3.10. The van der Waals surface area contributed by atoms with Crippen LogP contribution in [0.2, 0.25) is 0 Å². The summed E-state index contributed by atoms with van der Waals surface area (Å²) in [4.78, 5) is 0. The Kier molecular flexibility index (Phi) is 7.04. The van der Waals surface area contributed by atoms with Crippen LogP contribution in [0.4, 0.5) is 0 Å². The van der Waals surface area contributed by atoms with Gasteiger partial charge < -0.3 is 4.74 Å². The Bertz CT molecular complexity index is 649. The molecule has 4 aliphatic carbocycles. The van der Waals surface area contributed by atoms with E-state index in [9.17, 15) is 0 Å². The van der Waals surface area contributed by atoms with Crippen LogP contribution in [0.3, 0.4) is 0 Å². The second-order valence-corrected chi connectivity index (χ2v) is 13.1. The monoisotopic (exact) mass is 428 g/mol. The van der Waals surface area contributed by atoms with E-state index in [-0.39, 0.29) is 0 Å². The van der Waals surface area contributed by atoms with Crippen molar-refractivity contribution in [1.82, 2.24) is 0 Å². The zero-order chi connectivity index (χ0) is 22.4. The third-order valence-corrected chi connectivity index (χ3v) is 11.6. The van der Waals surface area contributed by atoms with Gasteiger partial charge in [0, 0.05) is 7.11 Å². The Morgan fingerprint density at radius 3 is 2.45 bits per heavy atom. The van der Waals surface area contributed by atoms with Crippen LogP contribution in [0.5, 0.6) is 0 Å². The van der Waals surface area contributed by atoms with Gasteiger partial charge in [0.25, 0.3) is 0 Å². The van der Waals surface area contributed by atoms with Crippen molar-refractivity contribution >= 4 is 0 Å². The number of ether oxygens (including phenoxy) is 1. The number of fused-ring (bicyclic) bond motifs is 5. The predicted octanol–water partition coefficient (Wildman–Crippen LogP) is 8.68. The molecule has 3 fully saturated rings. The van der Waals surface area contributed by atoms with Gasteiger partial charge in [0.2, 0.25) is 0 Å². The van der Waals surface area contributed by atoms with E-state index in [0.29, 0.717) is 16.9 Å². The SMILES string of the molecule is CCC(CC[C@@H](C)[C@H]1CCC2C3CC=C4C[C@@H](OC)CC[C@]4(C)C3CC[C@@]21C)C(C)C. The third kappa shape index (κ3) is 4.08. The molecule has 0 N–H and O–H groups in total. The molecule has 0 aliphatic heterocycles. The molecule has 0 saturated heterocycles. The van der Waals surface area contributed by atoms with E-state index in [2.05, 4.69) is 47.6 Å². The molecule has 4 rings (SSSR count). The fourth-order valence-corrected chi connectivity index (χ4v) is 9.49. The average molecular weight is 429 g/mol. The van der Waals surface area contributed by atoms with Crippen LogP contribution in [0.15, 0.2) is 11.6 Å². The molecular weight excluding hydrogens is 376 g/mol. The van der Waals surface area contributed by atoms with Gasteiger partial charge in [-0.05, 0) is 110 Å². The number of hydrogen-bond acceptors (Lipinski definition) is 1. The first-order chi connectivity index (χ1) is 14.7. The third-order valence-electron chi connectivity index (χ3n) is 11.6. The van der Waals surface area contributed by atoms with Crippen LogP contribution < -0.4 is 0 Å². The van der Waals surface area contributed by atoms with Crippen molar-refractivity contribution in [2.24, 2.45) is 52.3 Å². The molecule has 0 heterocycles. The summed E-state index contributed by atoms with van der Waals surface area (Å²) in [6.07, 6.45) is 18.6. The molecule has 0 spiro atoms. The van der Waals surface area contributed by atoms with E-state index < -0.39 is 0 Å². The van der Waals surface area contributed by atoms with Gasteiger partial charge in [-0.15, -0.1) is 0 Å². The zero-order valence-electron chi connectivity index (χ0n) is 21.9. The van der Waals surface area contributed by atoms with Crippen molar-refractivity contribution in [3.63, 3.8) is 0 Å². The van der Waals surface area contributed by atoms with E-state index >= 15 is 0 Å². The molecule has 0 aromatic heterocycles. The lowest BCUT2D eigenvalue weighted by Crippen LogP contribution is -2.51. The van der Waals surface area contributed by atoms with Gasteiger partial charge in [0.05, 0.1) is 6.10 Å². The lowest BCUT2D eigenvalue weighted by atomic mass is 9.47. The van der Waals surface area contributed by atoms with Gasteiger partial charge in [-0.25, -0.2) is 0 Å². The smallest absolute Gasteiger partial charge is 0.0608 e. The first-order valence-electron chi connectivity index (χ1n) is 14.0. The second kappa shape index (κ2) is 9.15. The first-order valence-corrected chi connectivity index (χ1v) is 14.0. The summed E-state index contributed by atoms with van der Waals surface area (Å²) < 4.78 is 5.77. The quantitative estimate of drug-likeness (QED) is 0.368. The summed E-state index contributed by atoms with van der Waals surface area (Å²) in [5.41, 5.74) is 2.83. The van der Waals surface area contributed by atoms with Crippen LogP contribution in [0.25, 0.3) is 0 Å². The molecule has 4 unspecified atom stereocenters. The fraction of sp³-hybridized carbons (Fsp3) is 0.933. The molecule has 1 heteroatoms. The maximum absolute atomic E-state index is 5.77. The molecule has 0 radical (unpaired) electrons. The van der Waals surface area contributed by atoms with Crippen LogP contribution >= 0.6 is 0 Å². The molecule has 1 nitrogen and oxygen atoms in total. The summed E-state index contributed by atoms with van der Waals surface area (Å²) in [5.74, 6) is 6.49. The highest BCUT2D eigenvalue weighted by Crippen LogP contribution is 2.67. The molecule has 31 heavy (non-hydrogen) atoms. The summed E-state index contributed by atoms with van der Waals surface area (Å²) in [6.45, 7) is 15.2. The van der Waals surface area contributed by atoms with E-state index in [4.69, 9.17) is 4.74 Å². The highest BCUT2D eigenvalue weighted by Gasteiger charge is 2.59. The number of methoxy groups -OCH3 is 1. The van der Waals surface area contributed by atoms with Crippen molar-refractivity contribution in [3.8, 4) is 0 Å². The Labute approximate surface area is 194 Å². The predicted molar refractivity (Wildman–Crippen MR) is 133 cm³/mol. The highest BCUT2D eigenvalue weighted by atomic mass is 16.5. The maximum atomic E-state index is 5.77. The van der Waals surface area contributed by atoms with Crippen LogP contribution in [0, 0.1) is 52.3 Å². The van der Waals surface area contributed by atoms with Gasteiger partial charge in [-0.2, -0.15) is 0 Å². The minimum Gasteiger partial charge on any atom is -0.381 e. The maximum Gasteiger partial charge on any atom is 0.0608 e. The van der Waals surface area contributed by atoms with Crippen molar-refractivity contribution in [2.75, 3.05) is 7.11 Å². The molecule has 0 aromatic carbocycles. The number of rotatable bonds is 7. The first kappa shape index (κ1) is 23.8.